The van der Waals surface area contributed by atoms with Crippen LogP contribution in [0, 0.1) is 28.6 Å². The summed E-state index contributed by atoms with van der Waals surface area (Å²) in [5.41, 5.74) is 4.32. The van der Waals surface area contributed by atoms with Gasteiger partial charge in [-0.1, -0.05) is 50.8 Å². The lowest BCUT2D eigenvalue weighted by Gasteiger charge is -2.58. The van der Waals surface area contributed by atoms with Gasteiger partial charge in [0.15, 0.2) is 11.5 Å². The van der Waals surface area contributed by atoms with Gasteiger partial charge in [-0.05, 0) is 110 Å². The predicted octanol–water partition coefficient (Wildman–Crippen LogP) is 9.31. The first kappa shape index (κ1) is 37.5. The van der Waals surface area contributed by atoms with Gasteiger partial charge in [-0.2, -0.15) is 0 Å². The molecule has 0 aromatic heterocycles. The standard InChI is InChI=1S/C46H68N2O4/c1-7-22-47(24-10-9-11-25-47)28-29-51-42-17-14-35(31-43(42)50-6)30-36-32-41-39-16-15-37-33-38(48(23-8-2)26-12-13-27-48)18-20-45(37,4)40(39)19-21-46(41,5)44(36)52-34(3)49/h7-8,14-15,17,30-31,38-41,44H,1-2,9-13,16,18-29,32-33H2,3-6H3/q+2/b36-30+/t38-,39+,40-,41-,44-,45-,46-/m0/s1. The van der Waals surface area contributed by atoms with Crippen molar-refractivity contribution in [3.63, 3.8) is 0 Å². The molecule has 284 valence electrons. The largest absolute Gasteiger partial charge is 0.493 e. The minimum atomic E-state index is -0.195. The van der Waals surface area contributed by atoms with Crippen molar-refractivity contribution < 1.29 is 28.0 Å². The van der Waals surface area contributed by atoms with Crippen molar-refractivity contribution in [1.29, 1.82) is 0 Å². The van der Waals surface area contributed by atoms with E-state index in [-0.39, 0.29) is 22.9 Å². The molecule has 6 aliphatic rings. The minimum absolute atomic E-state index is 0.0573. The van der Waals surface area contributed by atoms with Crippen molar-refractivity contribution in [2.45, 2.75) is 110 Å². The topological polar surface area (TPSA) is 44.8 Å². The maximum atomic E-state index is 12.7. The van der Waals surface area contributed by atoms with E-state index in [1.807, 2.05) is 0 Å². The Morgan fingerprint density at radius 3 is 2.38 bits per heavy atom. The van der Waals surface area contributed by atoms with Crippen molar-refractivity contribution in [2.75, 3.05) is 59.5 Å². The zero-order chi connectivity index (χ0) is 36.6. The summed E-state index contributed by atoms with van der Waals surface area (Å²) >= 11 is 0. The smallest absolute Gasteiger partial charge is 0.303 e. The van der Waals surface area contributed by atoms with Crippen LogP contribution in [0.1, 0.15) is 103 Å². The molecule has 1 aromatic rings. The van der Waals surface area contributed by atoms with Gasteiger partial charge in [-0.25, -0.2) is 0 Å². The number of benzene rings is 1. The highest BCUT2D eigenvalue weighted by molar-refractivity contribution is 5.68. The summed E-state index contributed by atoms with van der Waals surface area (Å²) in [6, 6.07) is 7.06. The molecule has 0 radical (unpaired) electrons. The fourth-order valence-corrected chi connectivity index (χ4v) is 12.8. The fraction of sp³-hybridized carbons (Fsp3) is 0.674. The predicted molar refractivity (Wildman–Crippen MR) is 211 cm³/mol. The Kier molecular flexibility index (Phi) is 10.9. The number of rotatable bonds is 12. The second-order valence-corrected chi connectivity index (χ2v) is 18.3. The third-order valence-electron chi connectivity index (χ3n) is 15.6. The number of carbonyl (C=O) groups excluding carboxylic acids is 1. The van der Waals surface area contributed by atoms with Crippen molar-refractivity contribution in [1.82, 2.24) is 0 Å². The van der Waals surface area contributed by atoms with Crippen molar-refractivity contribution in [3.05, 3.63) is 66.3 Å². The summed E-state index contributed by atoms with van der Waals surface area (Å²) in [6.07, 6.45) is 24.1. The van der Waals surface area contributed by atoms with E-state index in [0.29, 0.717) is 24.4 Å². The van der Waals surface area contributed by atoms with Crippen LogP contribution in [0.15, 0.2) is 60.7 Å². The Balaban J connectivity index is 1.10. The van der Waals surface area contributed by atoms with E-state index >= 15 is 0 Å². The highest BCUT2D eigenvalue weighted by Gasteiger charge is 2.61. The molecule has 5 fully saturated rings. The molecule has 4 aliphatic carbocycles. The van der Waals surface area contributed by atoms with Crippen LogP contribution in [0.3, 0.4) is 0 Å². The van der Waals surface area contributed by atoms with Crippen LogP contribution >= 0.6 is 0 Å². The third kappa shape index (κ3) is 6.85. The first-order chi connectivity index (χ1) is 25.1. The van der Waals surface area contributed by atoms with E-state index in [4.69, 9.17) is 14.2 Å². The number of methoxy groups -OCH3 is 1. The molecule has 0 N–H and O–H groups in total. The molecule has 3 saturated carbocycles. The summed E-state index contributed by atoms with van der Waals surface area (Å²) < 4.78 is 20.9. The number of piperidine rings is 1. The fourth-order valence-electron chi connectivity index (χ4n) is 12.8. The number of esters is 1. The number of likely N-dealkylation sites (tertiary alicyclic amines) is 2. The molecule has 52 heavy (non-hydrogen) atoms. The second kappa shape index (κ2) is 15.1. The minimum Gasteiger partial charge on any atom is -0.493 e. The van der Waals surface area contributed by atoms with Gasteiger partial charge in [0.25, 0.3) is 0 Å². The summed E-state index contributed by atoms with van der Waals surface area (Å²) in [7, 11) is 1.73. The first-order valence-corrected chi connectivity index (χ1v) is 20.9. The molecule has 6 nitrogen and oxygen atoms in total. The molecule has 2 aliphatic heterocycles. The SMILES string of the molecule is C=CC[N+]1(CCOc2ccc(/C=C3\C[C@H]4[C@@H]5CC=C6C[C@@H]([N+]7(CC=C)CCCC7)CC[C@]6(C)[C@H]5CC[C@]4(C)[C@H]3OC(C)=O)cc2OC)CCCCC1. The van der Waals surface area contributed by atoms with Crippen LogP contribution < -0.4 is 9.47 Å². The zero-order valence-corrected chi connectivity index (χ0v) is 33.0. The lowest BCUT2D eigenvalue weighted by Crippen LogP contribution is -2.58. The number of hydrogen-bond acceptors (Lipinski definition) is 4. The number of carbonyl (C=O) groups is 1. The Morgan fingerprint density at radius 2 is 1.67 bits per heavy atom. The van der Waals surface area contributed by atoms with Gasteiger partial charge < -0.3 is 23.2 Å². The lowest BCUT2D eigenvalue weighted by molar-refractivity contribution is -0.936. The summed E-state index contributed by atoms with van der Waals surface area (Å²) in [5.74, 6) is 3.19. The molecule has 6 heteroatoms. The van der Waals surface area contributed by atoms with Gasteiger partial charge in [0.2, 0.25) is 0 Å². The molecule has 0 amide bonds. The highest BCUT2D eigenvalue weighted by Crippen LogP contribution is 2.66. The monoisotopic (exact) mass is 713 g/mol. The van der Waals surface area contributed by atoms with E-state index in [0.717, 1.165) is 66.5 Å². The van der Waals surface area contributed by atoms with Gasteiger partial charge in [-0.15, -0.1) is 0 Å². The third-order valence-corrected chi connectivity index (χ3v) is 15.6. The van der Waals surface area contributed by atoms with Gasteiger partial charge >= 0.3 is 5.97 Å². The first-order valence-electron chi connectivity index (χ1n) is 20.9. The van der Waals surface area contributed by atoms with Crippen LogP contribution in [0.4, 0.5) is 0 Å². The maximum absolute atomic E-state index is 12.7. The molecule has 2 heterocycles. The molecule has 7 atom stereocenters. The van der Waals surface area contributed by atoms with Gasteiger partial charge in [-0.3, -0.25) is 4.79 Å². The van der Waals surface area contributed by atoms with Crippen LogP contribution in [-0.4, -0.2) is 86.6 Å². The quantitative estimate of drug-likeness (QED) is 0.123. The summed E-state index contributed by atoms with van der Waals surface area (Å²) in [4.78, 5) is 12.7. The van der Waals surface area contributed by atoms with Crippen molar-refractivity contribution in [2.24, 2.45) is 28.6 Å². The van der Waals surface area contributed by atoms with E-state index < -0.39 is 0 Å². The van der Waals surface area contributed by atoms with Gasteiger partial charge in [0, 0.05) is 38.0 Å². The molecule has 0 unspecified atom stereocenters. The van der Waals surface area contributed by atoms with Crippen molar-refractivity contribution in [3.8, 4) is 11.5 Å². The lowest BCUT2D eigenvalue weighted by atomic mass is 9.47. The molecular formula is C46H68N2O4+2. The summed E-state index contributed by atoms with van der Waals surface area (Å²) in [5, 5.41) is 0. The summed E-state index contributed by atoms with van der Waals surface area (Å²) in [6.45, 7) is 23.7. The van der Waals surface area contributed by atoms with Crippen LogP contribution in [0.5, 0.6) is 11.5 Å². The average molecular weight is 713 g/mol. The molecule has 0 bridgehead atoms. The zero-order valence-electron chi connectivity index (χ0n) is 33.0. The molecule has 0 spiro atoms. The van der Waals surface area contributed by atoms with Crippen LogP contribution in [0.2, 0.25) is 0 Å². The normalized spacial score (nSPS) is 35.4. The Bertz CT molecular complexity index is 1550. The van der Waals surface area contributed by atoms with Crippen molar-refractivity contribution >= 4 is 12.0 Å². The maximum Gasteiger partial charge on any atom is 0.303 e. The Labute approximate surface area is 315 Å². The number of quaternary nitrogens is 2. The van der Waals surface area contributed by atoms with E-state index in [9.17, 15) is 4.79 Å². The molecule has 2 saturated heterocycles. The number of allylic oxidation sites excluding steroid dienone is 1. The molecule has 1 aromatic carbocycles. The van der Waals surface area contributed by atoms with E-state index in [1.165, 1.54) is 94.0 Å². The number of ether oxygens (including phenoxy) is 3. The molecule has 7 rings (SSSR count). The van der Waals surface area contributed by atoms with E-state index in [2.05, 4.69) is 69.5 Å². The Morgan fingerprint density at radius 1 is 0.923 bits per heavy atom. The Hall–Kier alpha value is -2.83. The number of nitrogens with zero attached hydrogens (tertiary/aromatic N) is 2. The second-order valence-electron chi connectivity index (χ2n) is 18.3. The number of hydrogen-bond donors (Lipinski definition) is 0. The highest BCUT2D eigenvalue weighted by atomic mass is 16.5. The van der Waals surface area contributed by atoms with Crippen LogP contribution in [0.25, 0.3) is 6.08 Å². The van der Waals surface area contributed by atoms with Crippen LogP contribution in [-0.2, 0) is 9.53 Å². The average Bonchev–Trinajstić information content (AvgIpc) is 3.71. The molecular weight excluding hydrogens is 645 g/mol. The van der Waals surface area contributed by atoms with Gasteiger partial charge in [0.1, 0.15) is 19.3 Å². The van der Waals surface area contributed by atoms with Gasteiger partial charge in [0.05, 0.1) is 52.4 Å². The number of fused-ring (bicyclic) bond motifs is 5. The van der Waals surface area contributed by atoms with E-state index in [1.54, 1.807) is 19.6 Å².